The van der Waals surface area contributed by atoms with Crippen LogP contribution in [0.4, 0.5) is 10.1 Å². The lowest BCUT2D eigenvalue weighted by Gasteiger charge is -2.24. The van der Waals surface area contributed by atoms with Crippen molar-refractivity contribution in [1.82, 2.24) is 0 Å². The van der Waals surface area contributed by atoms with Gasteiger partial charge in [0.2, 0.25) is 0 Å². The van der Waals surface area contributed by atoms with E-state index in [1.807, 2.05) is 6.07 Å². The maximum absolute atomic E-state index is 14.1. The zero-order valence-corrected chi connectivity index (χ0v) is 10.8. The van der Waals surface area contributed by atoms with Crippen molar-refractivity contribution in [1.29, 1.82) is 0 Å². The summed E-state index contributed by atoms with van der Waals surface area (Å²) in [4.78, 5) is 2.14. The molecule has 0 amide bonds. The average Bonchev–Trinajstić information content (AvgIpc) is 2.88. The van der Waals surface area contributed by atoms with Crippen molar-refractivity contribution in [3.8, 4) is 0 Å². The zero-order chi connectivity index (χ0) is 12.7. The molecule has 98 valence electrons. The highest BCUT2D eigenvalue weighted by molar-refractivity contribution is 5.56. The molecule has 3 heteroatoms. The normalized spacial score (nSPS) is 28.5. The van der Waals surface area contributed by atoms with Crippen LogP contribution in [0.3, 0.4) is 0 Å². The molecule has 2 nitrogen and oxygen atoms in total. The van der Waals surface area contributed by atoms with Gasteiger partial charge in [0.1, 0.15) is 5.82 Å². The van der Waals surface area contributed by atoms with Crippen molar-refractivity contribution in [3.05, 3.63) is 29.6 Å². The minimum atomic E-state index is -0.615. The van der Waals surface area contributed by atoms with Gasteiger partial charge >= 0.3 is 0 Å². The number of para-hydroxylation sites is 1. The summed E-state index contributed by atoms with van der Waals surface area (Å²) in [6, 6.07) is 5.00. The number of halogens is 1. The Balaban J connectivity index is 1.92. The minimum absolute atomic E-state index is 0.201. The molecule has 1 heterocycles. The summed E-state index contributed by atoms with van der Waals surface area (Å²) in [5.74, 6) is 1.26. The van der Waals surface area contributed by atoms with E-state index >= 15 is 0 Å². The van der Waals surface area contributed by atoms with Crippen molar-refractivity contribution in [2.45, 2.75) is 32.3 Å². The van der Waals surface area contributed by atoms with Crippen molar-refractivity contribution < 1.29 is 9.50 Å². The molecule has 1 aromatic rings. The molecule has 0 aromatic heterocycles. The number of benzene rings is 1. The molecule has 3 atom stereocenters. The third-order valence-corrected chi connectivity index (χ3v) is 4.51. The summed E-state index contributed by atoms with van der Waals surface area (Å²) in [5.41, 5.74) is 1.34. The highest BCUT2D eigenvalue weighted by Gasteiger charge is 2.37. The third-order valence-electron chi connectivity index (χ3n) is 4.51. The van der Waals surface area contributed by atoms with Gasteiger partial charge in [-0.1, -0.05) is 18.6 Å². The Labute approximate surface area is 107 Å². The van der Waals surface area contributed by atoms with Gasteiger partial charge in [0.25, 0.3) is 0 Å². The molecule has 2 aliphatic rings. The van der Waals surface area contributed by atoms with Crippen molar-refractivity contribution in [2.24, 2.45) is 11.8 Å². The largest absolute Gasteiger partial charge is 0.389 e. The van der Waals surface area contributed by atoms with E-state index in [1.165, 1.54) is 25.3 Å². The number of hydrogen-bond donors (Lipinski definition) is 1. The molecule has 3 rings (SSSR count). The van der Waals surface area contributed by atoms with Gasteiger partial charge in [-0.05, 0) is 37.7 Å². The molecule has 1 saturated heterocycles. The SMILES string of the molecule is C[C@@H](O)c1cccc(F)c1N1CC2CCCC2C1. The molecule has 1 saturated carbocycles. The Kier molecular flexibility index (Phi) is 3.02. The highest BCUT2D eigenvalue weighted by atomic mass is 19.1. The maximum Gasteiger partial charge on any atom is 0.146 e. The van der Waals surface area contributed by atoms with Gasteiger partial charge in [-0.15, -0.1) is 0 Å². The average molecular weight is 249 g/mol. The van der Waals surface area contributed by atoms with E-state index in [0.717, 1.165) is 30.5 Å². The molecule has 2 unspecified atom stereocenters. The number of anilines is 1. The first kappa shape index (κ1) is 12.0. The maximum atomic E-state index is 14.1. The van der Waals surface area contributed by atoms with E-state index in [1.54, 1.807) is 13.0 Å². The summed E-state index contributed by atoms with van der Waals surface area (Å²) < 4.78 is 14.1. The van der Waals surface area contributed by atoms with E-state index in [4.69, 9.17) is 0 Å². The lowest BCUT2D eigenvalue weighted by atomic mass is 10.0. The smallest absolute Gasteiger partial charge is 0.146 e. The minimum Gasteiger partial charge on any atom is -0.389 e. The Hall–Kier alpha value is -1.09. The molecule has 2 fully saturated rings. The Morgan fingerprint density at radius 2 is 1.94 bits per heavy atom. The van der Waals surface area contributed by atoms with Crippen LogP contribution >= 0.6 is 0 Å². The zero-order valence-electron chi connectivity index (χ0n) is 10.8. The van der Waals surface area contributed by atoms with Gasteiger partial charge < -0.3 is 10.0 Å². The fourth-order valence-corrected chi connectivity index (χ4v) is 3.62. The van der Waals surface area contributed by atoms with Crippen LogP contribution in [0, 0.1) is 17.7 Å². The molecular formula is C15H20FNO. The van der Waals surface area contributed by atoms with Crippen molar-refractivity contribution in [2.75, 3.05) is 18.0 Å². The predicted molar refractivity (Wildman–Crippen MR) is 70.1 cm³/mol. The van der Waals surface area contributed by atoms with Gasteiger partial charge in [-0.25, -0.2) is 4.39 Å². The lowest BCUT2D eigenvalue weighted by molar-refractivity contribution is 0.199. The topological polar surface area (TPSA) is 23.5 Å². The van der Waals surface area contributed by atoms with Gasteiger partial charge in [0.15, 0.2) is 0 Å². The predicted octanol–water partition coefficient (Wildman–Crippen LogP) is 3.12. The number of fused-ring (bicyclic) bond motifs is 1. The van der Waals surface area contributed by atoms with E-state index < -0.39 is 6.10 Å². The second-order valence-corrected chi connectivity index (χ2v) is 5.71. The van der Waals surface area contributed by atoms with E-state index in [0.29, 0.717) is 5.69 Å². The lowest BCUT2D eigenvalue weighted by Crippen LogP contribution is -2.23. The quantitative estimate of drug-likeness (QED) is 0.870. The number of aliphatic hydroxyl groups is 1. The van der Waals surface area contributed by atoms with Crippen LogP contribution in [-0.2, 0) is 0 Å². The van der Waals surface area contributed by atoms with E-state index in [9.17, 15) is 9.50 Å². The number of rotatable bonds is 2. The van der Waals surface area contributed by atoms with Crippen LogP contribution in [0.2, 0.25) is 0 Å². The number of aliphatic hydroxyl groups excluding tert-OH is 1. The monoisotopic (exact) mass is 249 g/mol. The Morgan fingerprint density at radius 1 is 1.28 bits per heavy atom. The van der Waals surface area contributed by atoms with Crippen LogP contribution in [0.15, 0.2) is 18.2 Å². The van der Waals surface area contributed by atoms with Crippen LogP contribution < -0.4 is 4.90 Å². The molecule has 1 N–H and O–H groups in total. The standard InChI is InChI=1S/C15H20FNO/c1-10(18)13-6-3-7-14(16)15(13)17-8-11-4-2-5-12(11)9-17/h3,6-7,10-12,18H,2,4-5,8-9H2,1H3/t10-,11?,12?/m1/s1. The van der Waals surface area contributed by atoms with Crippen LogP contribution in [0.1, 0.15) is 37.9 Å². The second-order valence-electron chi connectivity index (χ2n) is 5.71. The fraction of sp³-hybridized carbons (Fsp3) is 0.600. The Bertz CT molecular complexity index is 434. The molecule has 0 radical (unpaired) electrons. The fourth-order valence-electron chi connectivity index (χ4n) is 3.62. The van der Waals surface area contributed by atoms with Crippen LogP contribution in [0.25, 0.3) is 0 Å². The molecule has 0 bridgehead atoms. The molecular weight excluding hydrogens is 229 g/mol. The summed E-state index contributed by atoms with van der Waals surface area (Å²) in [5, 5.41) is 9.80. The molecule has 1 aliphatic carbocycles. The van der Waals surface area contributed by atoms with Crippen LogP contribution in [0.5, 0.6) is 0 Å². The van der Waals surface area contributed by atoms with Gasteiger partial charge in [-0.2, -0.15) is 0 Å². The molecule has 1 aromatic carbocycles. The Morgan fingerprint density at radius 3 is 2.56 bits per heavy atom. The summed E-state index contributed by atoms with van der Waals surface area (Å²) in [6.07, 6.45) is 3.26. The molecule has 1 aliphatic heterocycles. The van der Waals surface area contributed by atoms with Crippen LogP contribution in [-0.4, -0.2) is 18.2 Å². The number of hydrogen-bond acceptors (Lipinski definition) is 2. The van der Waals surface area contributed by atoms with E-state index in [2.05, 4.69) is 4.90 Å². The highest BCUT2D eigenvalue weighted by Crippen LogP contribution is 2.41. The van der Waals surface area contributed by atoms with Gasteiger partial charge in [-0.3, -0.25) is 0 Å². The van der Waals surface area contributed by atoms with Gasteiger partial charge in [0, 0.05) is 18.7 Å². The molecule has 0 spiro atoms. The first-order valence-electron chi connectivity index (χ1n) is 6.88. The van der Waals surface area contributed by atoms with Crippen molar-refractivity contribution in [3.63, 3.8) is 0 Å². The molecule has 18 heavy (non-hydrogen) atoms. The summed E-state index contributed by atoms with van der Waals surface area (Å²) >= 11 is 0. The second kappa shape index (κ2) is 4.54. The first-order valence-corrected chi connectivity index (χ1v) is 6.88. The summed E-state index contributed by atoms with van der Waals surface area (Å²) in [7, 11) is 0. The number of nitrogens with zero attached hydrogens (tertiary/aromatic N) is 1. The van der Waals surface area contributed by atoms with Gasteiger partial charge in [0.05, 0.1) is 11.8 Å². The van der Waals surface area contributed by atoms with E-state index in [-0.39, 0.29) is 5.82 Å². The summed E-state index contributed by atoms with van der Waals surface area (Å²) in [6.45, 7) is 3.60. The van der Waals surface area contributed by atoms with Crippen molar-refractivity contribution >= 4 is 5.69 Å². The third kappa shape index (κ3) is 1.91. The first-order chi connectivity index (χ1) is 8.66.